The van der Waals surface area contributed by atoms with E-state index in [-0.39, 0.29) is 5.78 Å². The van der Waals surface area contributed by atoms with Crippen molar-refractivity contribution in [1.82, 2.24) is 10.1 Å². The Balaban J connectivity index is 1.74. The minimum Gasteiger partial charge on any atom is -0.497 e. The highest BCUT2D eigenvalue weighted by molar-refractivity contribution is 5.94. The van der Waals surface area contributed by atoms with Crippen LogP contribution in [0, 0.1) is 0 Å². The fourth-order valence-electron chi connectivity index (χ4n) is 2.45. The summed E-state index contributed by atoms with van der Waals surface area (Å²) in [5, 5.41) is 7.18. The molecule has 0 radical (unpaired) electrons. The number of carbonyl (C=O) groups is 1. The molecule has 0 aliphatic heterocycles. The number of hydrogen-bond donors (Lipinski definition) is 1. The van der Waals surface area contributed by atoms with E-state index >= 15 is 0 Å². The molecule has 7 nitrogen and oxygen atoms in total. The van der Waals surface area contributed by atoms with Gasteiger partial charge in [0.2, 0.25) is 11.7 Å². The predicted molar refractivity (Wildman–Crippen MR) is 96.6 cm³/mol. The van der Waals surface area contributed by atoms with Crippen molar-refractivity contribution in [3.05, 3.63) is 53.9 Å². The molecule has 0 unspecified atom stereocenters. The summed E-state index contributed by atoms with van der Waals surface area (Å²) < 4.78 is 15.9. The van der Waals surface area contributed by atoms with Crippen LogP contribution in [-0.2, 0) is 6.54 Å². The van der Waals surface area contributed by atoms with Crippen molar-refractivity contribution < 1.29 is 18.8 Å². The number of aromatic nitrogens is 2. The van der Waals surface area contributed by atoms with Gasteiger partial charge in [-0.05, 0) is 31.2 Å². The summed E-state index contributed by atoms with van der Waals surface area (Å²) in [6.07, 6.45) is 0. The number of methoxy groups -OCH3 is 2. The molecule has 2 aromatic carbocycles. The van der Waals surface area contributed by atoms with Crippen LogP contribution in [0.15, 0.2) is 47.0 Å². The molecule has 0 atom stereocenters. The fourth-order valence-corrected chi connectivity index (χ4v) is 2.45. The van der Waals surface area contributed by atoms with Crippen molar-refractivity contribution in [1.29, 1.82) is 0 Å². The van der Waals surface area contributed by atoms with Crippen LogP contribution in [0.2, 0.25) is 0 Å². The first-order chi connectivity index (χ1) is 12.6. The third kappa shape index (κ3) is 3.83. The lowest BCUT2D eigenvalue weighted by atomic mass is 10.1. The second-order valence-electron chi connectivity index (χ2n) is 5.57. The maximum atomic E-state index is 11.4. The lowest BCUT2D eigenvalue weighted by Crippen LogP contribution is -2.01. The van der Waals surface area contributed by atoms with Gasteiger partial charge in [-0.1, -0.05) is 17.3 Å². The minimum atomic E-state index is 0.0142. The van der Waals surface area contributed by atoms with Gasteiger partial charge in [-0.15, -0.1) is 0 Å². The molecule has 1 N–H and O–H groups in total. The first kappa shape index (κ1) is 17.5. The van der Waals surface area contributed by atoms with Crippen LogP contribution in [0.3, 0.4) is 0 Å². The van der Waals surface area contributed by atoms with Crippen LogP contribution >= 0.6 is 0 Å². The van der Waals surface area contributed by atoms with E-state index < -0.39 is 0 Å². The topological polar surface area (TPSA) is 86.5 Å². The zero-order valence-electron chi connectivity index (χ0n) is 14.8. The monoisotopic (exact) mass is 353 g/mol. The van der Waals surface area contributed by atoms with Crippen LogP contribution in [0.25, 0.3) is 11.4 Å². The van der Waals surface area contributed by atoms with Gasteiger partial charge in [0.05, 0.1) is 26.3 Å². The van der Waals surface area contributed by atoms with Gasteiger partial charge in [0.25, 0.3) is 0 Å². The van der Waals surface area contributed by atoms with Crippen molar-refractivity contribution in [2.24, 2.45) is 0 Å². The first-order valence-corrected chi connectivity index (χ1v) is 8.00. The normalized spacial score (nSPS) is 10.4. The average molecular weight is 353 g/mol. The Morgan fingerprint density at radius 3 is 2.73 bits per heavy atom. The average Bonchev–Trinajstić information content (AvgIpc) is 3.14. The van der Waals surface area contributed by atoms with E-state index in [1.165, 1.54) is 6.92 Å². The van der Waals surface area contributed by atoms with E-state index in [2.05, 4.69) is 15.5 Å². The van der Waals surface area contributed by atoms with Crippen molar-refractivity contribution >= 4 is 11.5 Å². The Bertz CT molecular complexity index is 921. The number of Topliss-reactive ketones (excluding diaryl/α,β-unsaturated/α-hetero) is 1. The van der Waals surface area contributed by atoms with Gasteiger partial charge in [-0.2, -0.15) is 4.98 Å². The van der Waals surface area contributed by atoms with Gasteiger partial charge in [0.1, 0.15) is 11.5 Å². The number of hydrogen-bond acceptors (Lipinski definition) is 7. The molecular formula is C19H19N3O4. The minimum absolute atomic E-state index is 0.0142. The first-order valence-electron chi connectivity index (χ1n) is 8.00. The predicted octanol–water partition coefficient (Wildman–Crippen LogP) is 3.57. The van der Waals surface area contributed by atoms with Gasteiger partial charge in [0.15, 0.2) is 5.78 Å². The molecule has 3 aromatic rings. The van der Waals surface area contributed by atoms with Gasteiger partial charge < -0.3 is 19.3 Å². The summed E-state index contributed by atoms with van der Waals surface area (Å²) in [4.78, 5) is 15.8. The molecule has 0 spiro atoms. The number of nitrogens with one attached hydrogen (secondary N) is 1. The molecule has 0 fully saturated rings. The van der Waals surface area contributed by atoms with Crippen LogP contribution in [0.5, 0.6) is 11.5 Å². The summed E-state index contributed by atoms with van der Waals surface area (Å²) in [5.41, 5.74) is 2.16. The zero-order chi connectivity index (χ0) is 18.5. The SMILES string of the molecule is COc1ccc(-c2noc(CNc3cccc(C(C)=O)c3)n2)c(OC)c1. The third-order valence-corrected chi connectivity index (χ3v) is 3.83. The number of ketones is 1. The van der Waals surface area contributed by atoms with Crippen LogP contribution in [-0.4, -0.2) is 30.1 Å². The van der Waals surface area contributed by atoms with E-state index in [4.69, 9.17) is 14.0 Å². The Kier molecular flexibility index (Phi) is 5.17. The summed E-state index contributed by atoms with van der Waals surface area (Å²) in [6, 6.07) is 12.6. The van der Waals surface area contributed by atoms with Crippen LogP contribution in [0.1, 0.15) is 23.2 Å². The second-order valence-corrected chi connectivity index (χ2v) is 5.57. The molecule has 134 valence electrons. The van der Waals surface area contributed by atoms with Crippen molar-refractivity contribution in [3.8, 4) is 22.9 Å². The number of nitrogens with zero attached hydrogens (tertiary/aromatic N) is 2. The van der Waals surface area contributed by atoms with E-state index in [0.717, 1.165) is 5.69 Å². The van der Waals surface area contributed by atoms with Gasteiger partial charge in [-0.3, -0.25) is 4.79 Å². The van der Waals surface area contributed by atoms with Crippen molar-refractivity contribution in [3.63, 3.8) is 0 Å². The number of anilines is 1. The molecule has 0 amide bonds. The molecule has 26 heavy (non-hydrogen) atoms. The Labute approximate surface area is 150 Å². The Morgan fingerprint density at radius 1 is 1.15 bits per heavy atom. The second kappa shape index (κ2) is 7.69. The smallest absolute Gasteiger partial charge is 0.246 e. The van der Waals surface area contributed by atoms with E-state index in [0.29, 0.717) is 40.9 Å². The van der Waals surface area contributed by atoms with Crippen molar-refractivity contribution in [2.45, 2.75) is 13.5 Å². The lowest BCUT2D eigenvalue weighted by Gasteiger charge is -2.07. The standard InChI is InChI=1S/C19H19N3O4/c1-12(23)13-5-4-6-14(9-13)20-11-18-21-19(22-26-18)16-8-7-15(24-2)10-17(16)25-3/h4-10,20H,11H2,1-3H3. The zero-order valence-corrected chi connectivity index (χ0v) is 14.8. The highest BCUT2D eigenvalue weighted by Crippen LogP contribution is 2.31. The van der Waals surface area contributed by atoms with Crippen molar-refractivity contribution in [2.75, 3.05) is 19.5 Å². The summed E-state index contributed by atoms with van der Waals surface area (Å²) in [7, 11) is 3.16. The van der Waals surface area contributed by atoms with Crippen LogP contribution < -0.4 is 14.8 Å². The molecule has 7 heteroatoms. The molecule has 3 rings (SSSR count). The van der Waals surface area contributed by atoms with Gasteiger partial charge in [0, 0.05) is 17.3 Å². The molecule has 1 aromatic heterocycles. The largest absolute Gasteiger partial charge is 0.497 e. The molecule has 0 bridgehead atoms. The van der Waals surface area contributed by atoms with E-state index in [9.17, 15) is 4.79 Å². The Hall–Kier alpha value is -3.35. The molecule has 0 aliphatic rings. The van der Waals surface area contributed by atoms with Crippen LogP contribution in [0.4, 0.5) is 5.69 Å². The number of carbonyl (C=O) groups excluding carboxylic acids is 1. The summed E-state index contributed by atoms with van der Waals surface area (Å²) in [5.74, 6) is 2.14. The molecule has 1 heterocycles. The van der Waals surface area contributed by atoms with Gasteiger partial charge >= 0.3 is 0 Å². The number of rotatable bonds is 7. The maximum Gasteiger partial charge on any atom is 0.246 e. The number of benzene rings is 2. The molecule has 0 saturated carbocycles. The fraction of sp³-hybridized carbons (Fsp3) is 0.211. The quantitative estimate of drug-likeness (QED) is 0.650. The van der Waals surface area contributed by atoms with E-state index in [1.807, 2.05) is 18.2 Å². The molecular weight excluding hydrogens is 334 g/mol. The summed E-state index contributed by atoms with van der Waals surface area (Å²) >= 11 is 0. The Morgan fingerprint density at radius 2 is 2.00 bits per heavy atom. The third-order valence-electron chi connectivity index (χ3n) is 3.83. The summed E-state index contributed by atoms with van der Waals surface area (Å²) in [6.45, 7) is 1.87. The molecule has 0 saturated heterocycles. The highest BCUT2D eigenvalue weighted by Gasteiger charge is 2.14. The number of ether oxygens (including phenoxy) is 2. The maximum absolute atomic E-state index is 11.4. The molecule has 0 aliphatic carbocycles. The lowest BCUT2D eigenvalue weighted by molar-refractivity contribution is 0.101. The van der Waals surface area contributed by atoms with Gasteiger partial charge in [-0.25, -0.2) is 0 Å². The highest BCUT2D eigenvalue weighted by atomic mass is 16.5. The van der Waals surface area contributed by atoms with E-state index in [1.54, 1.807) is 38.5 Å².